The molecule has 2 heterocycles. The maximum atomic E-state index is 12.2. The molecular formula is C18H16N2O3. The first-order valence-electron chi connectivity index (χ1n) is 7.45. The lowest BCUT2D eigenvalue weighted by Crippen LogP contribution is -2.11. The molecule has 0 spiro atoms. The van der Waals surface area contributed by atoms with Crippen LogP contribution < -0.4 is 5.63 Å². The van der Waals surface area contributed by atoms with E-state index in [0.717, 1.165) is 23.9 Å². The van der Waals surface area contributed by atoms with Crippen LogP contribution in [-0.2, 0) is 6.54 Å². The number of aromatic nitrogens is 2. The van der Waals surface area contributed by atoms with E-state index in [0.29, 0.717) is 5.58 Å². The monoisotopic (exact) mass is 308 g/mol. The summed E-state index contributed by atoms with van der Waals surface area (Å²) in [5.41, 5.74) is 0.691. The third-order valence-electron chi connectivity index (χ3n) is 3.44. The Kier molecular flexibility index (Phi) is 4.19. The summed E-state index contributed by atoms with van der Waals surface area (Å²) in [5.74, 6) is -0.382. The van der Waals surface area contributed by atoms with Crippen LogP contribution in [0.4, 0.5) is 0 Å². The first kappa shape index (κ1) is 15.0. The van der Waals surface area contributed by atoms with Gasteiger partial charge in [-0.25, -0.2) is 4.79 Å². The van der Waals surface area contributed by atoms with E-state index in [1.807, 2.05) is 16.9 Å². The molecule has 0 amide bonds. The molecule has 3 aromatic rings. The van der Waals surface area contributed by atoms with Gasteiger partial charge in [0.05, 0.1) is 6.20 Å². The van der Waals surface area contributed by atoms with Gasteiger partial charge in [0.25, 0.3) is 0 Å². The molecule has 1 aromatic carbocycles. The van der Waals surface area contributed by atoms with Crippen LogP contribution >= 0.6 is 0 Å². The average Bonchev–Trinajstić information content (AvgIpc) is 3.00. The SMILES string of the molecule is CCCn1cc(C=CC(=O)c2cc3ccccc3oc2=O)cn1. The fourth-order valence-electron chi connectivity index (χ4n) is 2.31. The van der Waals surface area contributed by atoms with Crippen molar-refractivity contribution in [1.29, 1.82) is 0 Å². The van der Waals surface area contributed by atoms with Gasteiger partial charge in [-0.3, -0.25) is 9.48 Å². The highest BCUT2D eigenvalue weighted by Crippen LogP contribution is 2.13. The van der Waals surface area contributed by atoms with E-state index in [1.54, 1.807) is 36.5 Å². The minimum absolute atomic E-state index is 0.0286. The van der Waals surface area contributed by atoms with Gasteiger partial charge in [-0.05, 0) is 30.7 Å². The lowest BCUT2D eigenvalue weighted by Gasteiger charge is -1.98. The summed E-state index contributed by atoms with van der Waals surface area (Å²) in [5, 5.41) is 4.91. The van der Waals surface area contributed by atoms with Crippen molar-refractivity contribution in [2.75, 3.05) is 0 Å². The second-order valence-electron chi connectivity index (χ2n) is 5.22. The van der Waals surface area contributed by atoms with Crippen LogP contribution in [-0.4, -0.2) is 15.6 Å². The minimum Gasteiger partial charge on any atom is -0.422 e. The van der Waals surface area contributed by atoms with E-state index < -0.39 is 5.63 Å². The number of benzene rings is 1. The number of carbonyl (C=O) groups is 1. The van der Waals surface area contributed by atoms with Crippen LogP contribution in [0, 0.1) is 0 Å². The summed E-state index contributed by atoms with van der Waals surface area (Å²) < 4.78 is 6.99. The van der Waals surface area contributed by atoms with Gasteiger partial charge < -0.3 is 4.42 Å². The number of hydrogen-bond acceptors (Lipinski definition) is 4. The van der Waals surface area contributed by atoms with Crippen LogP contribution in [0.15, 0.2) is 58.0 Å². The predicted molar refractivity (Wildman–Crippen MR) is 88.4 cm³/mol. The Labute approximate surface area is 132 Å². The van der Waals surface area contributed by atoms with Crippen LogP contribution in [0.2, 0.25) is 0 Å². The van der Waals surface area contributed by atoms with Crippen molar-refractivity contribution >= 4 is 22.8 Å². The quantitative estimate of drug-likeness (QED) is 0.412. The van der Waals surface area contributed by atoms with Gasteiger partial charge in [0.2, 0.25) is 0 Å². The highest BCUT2D eigenvalue weighted by atomic mass is 16.4. The van der Waals surface area contributed by atoms with Crippen molar-refractivity contribution in [3.05, 3.63) is 70.3 Å². The molecule has 0 aliphatic rings. The lowest BCUT2D eigenvalue weighted by molar-refractivity contribution is 0.104. The number of allylic oxidation sites excluding steroid dienone is 1. The summed E-state index contributed by atoms with van der Waals surface area (Å²) in [6.45, 7) is 2.90. The zero-order valence-electron chi connectivity index (χ0n) is 12.7. The Morgan fingerprint density at radius 3 is 3.00 bits per heavy atom. The van der Waals surface area contributed by atoms with Crippen LogP contribution in [0.1, 0.15) is 29.3 Å². The van der Waals surface area contributed by atoms with Gasteiger partial charge in [-0.2, -0.15) is 5.10 Å². The van der Waals surface area contributed by atoms with E-state index in [4.69, 9.17) is 4.42 Å². The molecule has 23 heavy (non-hydrogen) atoms. The fraction of sp³-hybridized carbons (Fsp3) is 0.167. The van der Waals surface area contributed by atoms with Gasteiger partial charge in [0.1, 0.15) is 11.1 Å². The standard InChI is InChI=1S/C18H16N2O3/c1-2-9-20-12-13(11-19-20)7-8-16(21)15-10-14-5-3-4-6-17(14)23-18(15)22/h3-8,10-12H,2,9H2,1H3. The van der Waals surface area contributed by atoms with E-state index in [9.17, 15) is 9.59 Å². The molecule has 0 N–H and O–H groups in total. The maximum Gasteiger partial charge on any atom is 0.347 e. The van der Waals surface area contributed by atoms with Gasteiger partial charge in [0.15, 0.2) is 5.78 Å². The largest absolute Gasteiger partial charge is 0.422 e. The van der Waals surface area contributed by atoms with Crippen molar-refractivity contribution in [2.45, 2.75) is 19.9 Å². The van der Waals surface area contributed by atoms with E-state index in [-0.39, 0.29) is 11.3 Å². The Balaban J connectivity index is 1.86. The number of ketones is 1. The van der Waals surface area contributed by atoms with E-state index >= 15 is 0 Å². The van der Waals surface area contributed by atoms with Crippen molar-refractivity contribution < 1.29 is 9.21 Å². The Bertz CT molecular complexity index is 935. The molecular weight excluding hydrogens is 292 g/mol. The molecule has 5 nitrogen and oxygen atoms in total. The van der Waals surface area contributed by atoms with Crippen molar-refractivity contribution in [3.63, 3.8) is 0 Å². The summed E-state index contributed by atoms with van der Waals surface area (Å²) >= 11 is 0. The Morgan fingerprint density at radius 1 is 1.35 bits per heavy atom. The number of hydrogen-bond donors (Lipinski definition) is 0. The molecule has 0 saturated heterocycles. The average molecular weight is 308 g/mol. The highest BCUT2D eigenvalue weighted by molar-refractivity contribution is 6.07. The number of rotatable bonds is 5. The molecule has 2 aromatic heterocycles. The van der Waals surface area contributed by atoms with Gasteiger partial charge in [-0.1, -0.05) is 25.1 Å². The van der Waals surface area contributed by atoms with Crippen LogP contribution in [0.5, 0.6) is 0 Å². The van der Waals surface area contributed by atoms with Gasteiger partial charge >= 0.3 is 5.63 Å². The molecule has 0 radical (unpaired) electrons. The first-order valence-corrected chi connectivity index (χ1v) is 7.45. The fourth-order valence-corrected chi connectivity index (χ4v) is 2.31. The third kappa shape index (κ3) is 3.29. The smallest absolute Gasteiger partial charge is 0.347 e. The van der Waals surface area contributed by atoms with Crippen molar-refractivity contribution in [2.24, 2.45) is 0 Å². The van der Waals surface area contributed by atoms with Crippen molar-refractivity contribution in [3.8, 4) is 0 Å². The summed E-state index contributed by atoms with van der Waals surface area (Å²) in [6.07, 6.45) is 7.55. The summed E-state index contributed by atoms with van der Waals surface area (Å²) in [7, 11) is 0. The second kappa shape index (κ2) is 6.44. The second-order valence-corrected chi connectivity index (χ2v) is 5.22. The van der Waals surface area contributed by atoms with Gasteiger partial charge in [-0.15, -0.1) is 0 Å². The Hall–Kier alpha value is -2.95. The number of para-hydroxylation sites is 1. The molecule has 0 saturated carbocycles. The molecule has 0 bridgehead atoms. The van der Waals surface area contributed by atoms with E-state index in [2.05, 4.69) is 12.0 Å². The number of aryl methyl sites for hydroxylation is 1. The zero-order chi connectivity index (χ0) is 16.2. The topological polar surface area (TPSA) is 65.1 Å². The first-order chi connectivity index (χ1) is 11.2. The van der Waals surface area contributed by atoms with E-state index in [1.165, 1.54) is 6.08 Å². The van der Waals surface area contributed by atoms with Gasteiger partial charge in [0, 0.05) is 23.7 Å². The van der Waals surface area contributed by atoms with Crippen molar-refractivity contribution in [1.82, 2.24) is 9.78 Å². The summed E-state index contributed by atoms with van der Waals surface area (Å²) in [4.78, 5) is 24.2. The van der Waals surface area contributed by atoms with Crippen LogP contribution in [0.25, 0.3) is 17.0 Å². The predicted octanol–water partition coefficient (Wildman–Crippen LogP) is 3.30. The number of nitrogens with zero attached hydrogens (tertiary/aromatic N) is 2. The number of carbonyl (C=O) groups excluding carboxylic acids is 1. The molecule has 0 atom stereocenters. The zero-order valence-corrected chi connectivity index (χ0v) is 12.7. The number of fused-ring (bicyclic) bond motifs is 1. The van der Waals surface area contributed by atoms with Crippen LogP contribution in [0.3, 0.4) is 0 Å². The molecule has 3 rings (SSSR count). The maximum absolute atomic E-state index is 12.2. The summed E-state index contributed by atoms with van der Waals surface area (Å²) in [6, 6.07) is 8.67. The molecule has 0 aliphatic carbocycles. The molecule has 0 aliphatic heterocycles. The lowest BCUT2D eigenvalue weighted by atomic mass is 10.1. The third-order valence-corrected chi connectivity index (χ3v) is 3.44. The molecule has 0 unspecified atom stereocenters. The highest BCUT2D eigenvalue weighted by Gasteiger charge is 2.11. The Morgan fingerprint density at radius 2 is 2.17 bits per heavy atom. The normalized spacial score (nSPS) is 11.3. The molecule has 5 heteroatoms. The molecule has 0 fully saturated rings. The molecule has 116 valence electrons. The minimum atomic E-state index is -0.625.